The van der Waals surface area contributed by atoms with E-state index < -0.39 is 49.8 Å². The summed E-state index contributed by atoms with van der Waals surface area (Å²) in [6.45, 7) is 5.42. The number of sulfonamides is 2. The van der Waals surface area contributed by atoms with Gasteiger partial charge in [-0.3, -0.25) is 9.52 Å². The van der Waals surface area contributed by atoms with Crippen molar-refractivity contribution in [3.8, 4) is 5.75 Å². The number of halogens is 1. The molecule has 2 heterocycles. The van der Waals surface area contributed by atoms with Gasteiger partial charge in [0.2, 0.25) is 0 Å². The zero-order valence-corrected chi connectivity index (χ0v) is 29.4. The third-order valence-corrected chi connectivity index (χ3v) is 11.3. The Labute approximate surface area is 281 Å². The standard InChI is InChI=1S/C32H44FN5O8S2/c1-22-17-38(23(2)20-39)32(40)28-16-26(35-47(41,42)27-12-9-25(33)10-13-27)11-14-29(28)46-24(3)8-6-7-15-45-30(22)18-37(5)48(43,44)31-19-36(4)21-34-31/h9-14,16,19,21-24,30,35,39H,6-8,15,17-18,20H2,1-5H3/t22-,23-,24-,30+/m0/s1. The van der Waals surface area contributed by atoms with Crippen LogP contribution in [-0.4, -0.2) is 98.2 Å². The number of benzene rings is 2. The number of aryl methyl sites for hydroxylation is 1. The van der Waals surface area contributed by atoms with E-state index >= 15 is 0 Å². The van der Waals surface area contributed by atoms with Gasteiger partial charge in [-0.1, -0.05) is 6.92 Å². The Morgan fingerprint density at radius 2 is 1.83 bits per heavy atom. The zero-order valence-electron chi connectivity index (χ0n) is 27.7. The quantitative estimate of drug-likeness (QED) is 0.339. The molecule has 16 heteroatoms. The van der Waals surface area contributed by atoms with E-state index in [9.17, 15) is 31.1 Å². The van der Waals surface area contributed by atoms with Crippen LogP contribution in [0.15, 0.2) is 64.9 Å². The number of aliphatic hydroxyl groups is 1. The number of aromatic nitrogens is 2. The number of aliphatic hydroxyl groups excluding tert-OH is 1. The molecular weight excluding hydrogens is 666 g/mol. The lowest BCUT2D eigenvalue weighted by Gasteiger charge is -2.35. The number of hydrogen-bond acceptors (Lipinski definition) is 9. The van der Waals surface area contributed by atoms with Crippen molar-refractivity contribution in [2.75, 3.05) is 38.1 Å². The summed E-state index contributed by atoms with van der Waals surface area (Å²) in [5.41, 5.74) is 0.147. The van der Waals surface area contributed by atoms with Gasteiger partial charge in [-0.25, -0.2) is 26.2 Å². The van der Waals surface area contributed by atoms with Crippen molar-refractivity contribution >= 4 is 31.6 Å². The number of anilines is 1. The highest BCUT2D eigenvalue weighted by Crippen LogP contribution is 2.30. The summed E-state index contributed by atoms with van der Waals surface area (Å²) in [5.74, 6) is -1.28. The smallest absolute Gasteiger partial charge is 0.261 e. The van der Waals surface area contributed by atoms with Crippen molar-refractivity contribution in [3.63, 3.8) is 0 Å². The molecule has 264 valence electrons. The van der Waals surface area contributed by atoms with Crippen molar-refractivity contribution in [1.82, 2.24) is 18.8 Å². The molecule has 13 nitrogen and oxygen atoms in total. The van der Waals surface area contributed by atoms with E-state index in [4.69, 9.17) is 9.47 Å². The number of fused-ring (bicyclic) bond motifs is 1. The van der Waals surface area contributed by atoms with Crippen molar-refractivity contribution in [1.29, 1.82) is 0 Å². The lowest BCUT2D eigenvalue weighted by atomic mass is 10.0. The Morgan fingerprint density at radius 3 is 2.48 bits per heavy atom. The van der Waals surface area contributed by atoms with Crippen molar-refractivity contribution < 1.29 is 40.6 Å². The molecule has 4 atom stereocenters. The van der Waals surface area contributed by atoms with Crippen LogP contribution in [0.1, 0.15) is 50.4 Å². The second-order valence-electron chi connectivity index (χ2n) is 12.2. The molecular formula is C32H44FN5O8S2. The van der Waals surface area contributed by atoms with Gasteiger partial charge >= 0.3 is 0 Å². The van der Waals surface area contributed by atoms with Gasteiger partial charge in [-0.15, -0.1) is 0 Å². The highest BCUT2D eigenvalue weighted by atomic mass is 32.2. The molecule has 0 unspecified atom stereocenters. The number of amides is 1. The summed E-state index contributed by atoms with van der Waals surface area (Å²) < 4.78 is 83.8. The summed E-state index contributed by atoms with van der Waals surface area (Å²) in [6, 6.07) is 8.05. The molecule has 3 aromatic rings. The predicted molar refractivity (Wildman–Crippen MR) is 177 cm³/mol. The van der Waals surface area contributed by atoms with Gasteiger partial charge in [0.25, 0.3) is 26.0 Å². The Kier molecular flexibility index (Phi) is 12.2. The number of rotatable bonds is 9. The van der Waals surface area contributed by atoms with Crippen LogP contribution < -0.4 is 9.46 Å². The number of carbonyl (C=O) groups is 1. The average molecular weight is 710 g/mol. The Morgan fingerprint density at radius 1 is 1.12 bits per heavy atom. The van der Waals surface area contributed by atoms with Gasteiger partial charge in [0, 0.05) is 51.6 Å². The summed E-state index contributed by atoms with van der Waals surface area (Å²) in [7, 11) is -4.92. The second-order valence-corrected chi connectivity index (χ2v) is 15.9. The molecule has 4 rings (SSSR count). The monoisotopic (exact) mass is 709 g/mol. The van der Waals surface area contributed by atoms with Gasteiger partial charge in [0.1, 0.15) is 11.6 Å². The molecule has 0 spiro atoms. The normalized spacial score (nSPS) is 20.9. The van der Waals surface area contributed by atoms with E-state index in [1.165, 1.54) is 47.0 Å². The van der Waals surface area contributed by atoms with E-state index in [0.717, 1.165) is 30.7 Å². The maximum atomic E-state index is 14.3. The Bertz CT molecular complexity index is 1770. The minimum absolute atomic E-state index is 0.0129. The first-order valence-electron chi connectivity index (χ1n) is 15.7. The number of carbonyl (C=O) groups excluding carboxylic acids is 1. The fourth-order valence-corrected chi connectivity index (χ4v) is 7.50. The summed E-state index contributed by atoms with van der Waals surface area (Å²) >= 11 is 0. The molecule has 1 amide bonds. The SMILES string of the molecule is C[C@H]1CCCCO[C@H](CN(C)S(=O)(=O)c2cn(C)cn2)[C@@H](C)CN([C@@H](C)CO)C(=O)c2cc(NS(=O)(=O)c3ccc(F)cc3)ccc2O1. The highest BCUT2D eigenvalue weighted by Gasteiger charge is 2.33. The van der Waals surface area contributed by atoms with Crippen LogP contribution in [0.2, 0.25) is 0 Å². The minimum Gasteiger partial charge on any atom is -0.490 e. The third kappa shape index (κ3) is 9.11. The van der Waals surface area contributed by atoms with Gasteiger partial charge in [-0.05, 0) is 75.6 Å². The van der Waals surface area contributed by atoms with Crippen LogP contribution in [-0.2, 0) is 31.8 Å². The zero-order chi connectivity index (χ0) is 35.2. The Balaban J connectivity index is 1.68. The van der Waals surface area contributed by atoms with Gasteiger partial charge in [0.15, 0.2) is 5.03 Å². The van der Waals surface area contributed by atoms with Crippen molar-refractivity contribution in [2.24, 2.45) is 13.0 Å². The molecule has 48 heavy (non-hydrogen) atoms. The third-order valence-electron chi connectivity index (χ3n) is 8.22. The van der Waals surface area contributed by atoms with E-state index in [1.807, 2.05) is 13.8 Å². The first kappa shape index (κ1) is 37.3. The van der Waals surface area contributed by atoms with Gasteiger partial charge in [-0.2, -0.15) is 4.31 Å². The number of ether oxygens (including phenoxy) is 2. The van der Waals surface area contributed by atoms with Crippen molar-refractivity contribution in [3.05, 3.63) is 66.4 Å². The van der Waals surface area contributed by atoms with Crippen LogP contribution in [0, 0.1) is 11.7 Å². The molecule has 2 aromatic carbocycles. The second kappa shape index (κ2) is 15.8. The largest absolute Gasteiger partial charge is 0.490 e. The van der Waals surface area contributed by atoms with Crippen LogP contribution in [0.3, 0.4) is 0 Å². The Hall–Kier alpha value is -3.57. The van der Waals surface area contributed by atoms with E-state index in [-0.39, 0.29) is 52.7 Å². The summed E-state index contributed by atoms with van der Waals surface area (Å²) in [6.07, 6.45) is 3.93. The molecule has 1 aliphatic rings. The predicted octanol–water partition coefficient (Wildman–Crippen LogP) is 3.48. The topological polar surface area (TPSA) is 160 Å². The van der Waals surface area contributed by atoms with E-state index in [0.29, 0.717) is 19.4 Å². The van der Waals surface area contributed by atoms with Crippen LogP contribution >= 0.6 is 0 Å². The van der Waals surface area contributed by atoms with Gasteiger partial charge in [0.05, 0.1) is 41.6 Å². The lowest BCUT2D eigenvalue weighted by molar-refractivity contribution is -0.00835. The van der Waals surface area contributed by atoms with E-state index in [1.54, 1.807) is 18.5 Å². The lowest BCUT2D eigenvalue weighted by Crippen LogP contribution is -2.48. The molecule has 0 saturated carbocycles. The van der Waals surface area contributed by atoms with Crippen LogP contribution in [0.25, 0.3) is 0 Å². The molecule has 2 N–H and O–H groups in total. The number of likely N-dealkylation sites (N-methyl/N-ethyl adjacent to an activating group) is 1. The summed E-state index contributed by atoms with van der Waals surface area (Å²) in [4.78, 5) is 19.6. The highest BCUT2D eigenvalue weighted by molar-refractivity contribution is 7.92. The first-order valence-corrected chi connectivity index (χ1v) is 18.6. The van der Waals surface area contributed by atoms with Crippen LogP contribution in [0.5, 0.6) is 5.75 Å². The molecule has 1 aromatic heterocycles. The first-order chi connectivity index (χ1) is 22.6. The van der Waals surface area contributed by atoms with Crippen LogP contribution in [0.4, 0.5) is 10.1 Å². The minimum atomic E-state index is -4.13. The number of imidazole rings is 1. The van der Waals surface area contributed by atoms with Crippen molar-refractivity contribution in [2.45, 2.75) is 68.2 Å². The molecule has 1 aliphatic heterocycles. The molecule has 0 saturated heterocycles. The maximum Gasteiger partial charge on any atom is 0.261 e. The molecule has 0 bridgehead atoms. The van der Waals surface area contributed by atoms with Gasteiger partial charge < -0.3 is 24.0 Å². The number of nitrogens with one attached hydrogen (secondary N) is 1. The fourth-order valence-electron chi connectivity index (χ4n) is 5.31. The molecule has 0 fully saturated rings. The number of nitrogens with zero attached hydrogens (tertiary/aromatic N) is 4. The average Bonchev–Trinajstić information content (AvgIpc) is 3.49. The fraction of sp³-hybridized carbons (Fsp3) is 0.500. The maximum absolute atomic E-state index is 14.3. The molecule has 0 radical (unpaired) electrons. The van der Waals surface area contributed by atoms with E-state index in [2.05, 4.69) is 9.71 Å². The number of hydrogen-bond donors (Lipinski definition) is 2. The molecule has 0 aliphatic carbocycles. The summed E-state index contributed by atoms with van der Waals surface area (Å²) in [5, 5.41) is 10.1.